The van der Waals surface area contributed by atoms with Gasteiger partial charge in [-0.05, 0) is 24.6 Å². The minimum absolute atomic E-state index is 0.00129. The standard InChI is InChI=1S/C18H24N2O3/c1-14(2)10-19-18(12-21-13-18)9-15-8-17(23-20-15)11-22-16-6-4-3-5-7-16/h3-8,14,19H,9-13H2,1-2H3. The van der Waals surface area contributed by atoms with Crippen LogP contribution in [-0.4, -0.2) is 30.5 Å². The van der Waals surface area contributed by atoms with Crippen LogP contribution in [0.25, 0.3) is 0 Å². The van der Waals surface area contributed by atoms with Crippen molar-refractivity contribution in [2.75, 3.05) is 19.8 Å². The van der Waals surface area contributed by atoms with Crippen molar-refractivity contribution in [1.82, 2.24) is 10.5 Å². The second kappa shape index (κ2) is 7.15. The molecule has 0 unspecified atom stereocenters. The predicted molar refractivity (Wildman–Crippen MR) is 87.4 cm³/mol. The molecule has 0 bridgehead atoms. The first-order valence-corrected chi connectivity index (χ1v) is 8.10. The van der Waals surface area contributed by atoms with Crippen molar-refractivity contribution in [1.29, 1.82) is 0 Å². The molecule has 124 valence electrons. The van der Waals surface area contributed by atoms with Crippen molar-refractivity contribution < 1.29 is 14.0 Å². The number of ether oxygens (including phenoxy) is 2. The maximum absolute atomic E-state index is 5.68. The number of nitrogens with one attached hydrogen (secondary N) is 1. The van der Waals surface area contributed by atoms with Crippen LogP contribution in [0.1, 0.15) is 25.3 Å². The van der Waals surface area contributed by atoms with Crippen molar-refractivity contribution in [2.24, 2.45) is 5.92 Å². The summed E-state index contributed by atoms with van der Waals surface area (Å²) in [6.45, 7) is 7.22. The molecule has 3 rings (SSSR count). The summed E-state index contributed by atoms with van der Waals surface area (Å²) in [5.41, 5.74) is 0.940. The summed E-state index contributed by atoms with van der Waals surface area (Å²) in [7, 11) is 0. The van der Waals surface area contributed by atoms with Gasteiger partial charge in [0.15, 0.2) is 5.76 Å². The molecule has 0 spiro atoms. The van der Waals surface area contributed by atoms with Crippen LogP contribution in [0, 0.1) is 5.92 Å². The Morgan fingerprint density at radius 3 is 2.70 bits per heavy atom. The Balaban J connectivity index is 1.54. The van der Waals surface area contributed by atoms with Gasteiger partial charge in [0.25, 0.3) is 0 Å². The molecular formula is C18H24N2O3. The van der Waals surface area contributed by atoms with Crippen LogP contribution in [-0.2, 0) is 17.8 Å². The average Bonchev–Trinajstić information content (AvgIpc) is 2.96. The average molecular weight is 316 g/mol. The molecule has 1 aliphatic heterocycles. The van der Waals surface area contributed by atoms with Crippen LogP contribution >= 0.6 is 0 Å². The summed E-state index contributed by atoms with van der Waals surface area (Å²) in [5.74, 6) is 2.18. The number of hydrogen-bond acceptors (Lipinski definition) is 5. The summed E-state index contributed by atoms with van der Waals surface area (Å²) < 4.78 is 16.5. The maximum Gasteiger partial charge on any atom is 0.174 e. The summed E-state index contributed by atoms with van der Waals surface area (Å²) in [6, 6.07) is 11.7. The number of rotatable bonds is 8. The molecule has 1 aliphatic rings. The molecule has 1 saturated heterocycles. The van der Waals surface area contributed by atoms with E-state index in [1.165, 1.54) is 0 Å². The molecule has 2 aromatic rings. The lowest BCUT2D eigenvalue weighted by molar-refractivity contribution is -0.0755. The van der Waals surface area contributed by atoms with E-state index < -0.39 is 0 Å². The van der Waals surface area contributed by atoms with Gasteiger partial charge >= 0.3 is 0 Å². The van der Waals surface area contributed by atoms with E-state index in [0.717, 1.165) is 43.4 Å². The van der Waals surface area contributed by atoms with Gasteiger partial charge in [-0.1, -0.05) is 37.2 Å². The zero-order chi connectivity index (χ0) is 16.1. The molecule has 0 atom stereocenters. The Kier molecular flexibility index (Phi) is 4.98. The lowest BCUT2D eigenvalue weighted by Crippen LogP contribution is -2.62. The summed E-state index contributed by atoms with van der Waals surface area (Å²) in [4.78, 5) is 0. The third-order valence-corrected chi connectivity index (χ3v) is 3.89. The van der Waals surface area contributed by atoms with Crippen LogP contribution in [0.15, 0.2) is 40.9 Å². The zero-order valence-corrected chi connectivity index (χ0v) is 13.7. The fourth-order valence-electron chi connectivity index (χ4n) is 2.56. The van der Waals surface area contributed by atoms with Crippen LogP contribution in [0.4, 0.5) is 0 Å². The molecule has 5 heteroatoms. The highest BCUT2D eigenvalue weighted by Gasteiger charge is 2.39. The van der Waals surface area contributed by atoms with Crippen molar-refractivity contribution in [3.63, 3.8) is 0 Å². The maximum atomic E-state index is 5.68. The highest BCUT2D eigenvalue weighted by Crippen LogP contribution is 2.23. The van der Waals surface area contributed by atoms with Crippen LogP contribution in [0.2, 0.25) is 0 Å². The fraction of sp³-hybridized carbons (Fsp3) is 0.500. The second-order valence-corrected chi connectivity index (χ2v) is 6.61. The van der Waals surface area contributed by atoms with Gasteiger partial charge in [0.2, 0.25) is 0 Å². The van der Waals surface area contributed by atoms with Gasteiger partial charge in [-0.2, -0.15) is 0 Å². The van der Waals surface area contributed by atoms with Gasteiger partial charge < -0.3 is 19.3 Å². The molecule has 0 aliphatic carbocycles. The molecule has 1 aromatic carbocycles. The van der Waals surface area contributed by atoms with Crippen molar-refractivity contribution in [2.45, 2.75) is 32.4 Å². The highest BCUT2D eigenvalue weighted by molar-refractivity contribution is 5.21. The molecule has 0 radical (unpaired) electrons. The lowest BCUT2D eigenvalue weighted by Gasteiger charge is -2.42. The van der Waals surface area contributed by atoms with E-state index in [1.54, 1.807) is 0 Å². The molecule has 1 aromatic heterocycles. The van der Waals surface area contributed by atoms with Crippen molar-refractivity contribution in [3.8, 4) is 5.75 Å². The van der Waals surface area contributed by atoms with E-state index in [0.29, 0.717) is 12.5 Å². The third kappa shape index (κ3) is 4.33. The highest BCUT2D eigenvalue weighted by atomic mass is 16.5. The van der Waals surface area contributed by atoms with E-state index in [4.69, 9.17) is 14.0 Å². The Morgan fingerprint density at radius 1 is 1.26 bits per heavy atom. The van der Waals surface area contributed by atoms with Gasteiger partial charge in [0.05, 0.1) is 24.4 Å². The van der Waals surface area contributed by atoms with Crippen molar-refractivity contribution in [3.05, 3.63) is 47.9 Å². The van der Waals surface area contributed by atoms with Crippen LogP contribution in [0.5, 0.6) is 5.75 Å². The summed E-state index contributed by atoms with van der Waals surface area (Å²) in [6.07, 6.45) is 0.814. The van der Waals surface area contributed by atoms with E-state index in [2.05, 4.69) is 24.3 Å². The SMILES string of the molecule is CC(C)CNC1(Cc2cc(COc3ccccc3)on2)COC1. The fourth-order valence-corrected chi connectivity index (χ4v) is 2.56. The smallest absolute Gasteiger partial charge is 0.174 e. The van der Waals surface area contributed by atoms with Gasteiger partial charge in [-0.25, -0.2) is 0 Å². The first kappa shape index (κ1) is 16.0. The minimum atomic E-state index is -0.00129. The van der Waals surface area contributed by atoms with E-state index in [1.807, 2.05) is 36.4 Å². The molecule has 23 heavy (non-hydrogen) atoms. The predicted octanol–water partition coefficient (Wildman–Crippen LogP) is 2.81. The Hall–Kier alpha value is -1.85. The largest absolute Gasteiger partial charge is 0.486 e. The Bertz CT molecular complexity index is 606. The van der Waals surface area contributed by atoms with E-state index in [-0.39, 0.29) is 5.54 Å². The number of benzene rings is 1. The topological polar surface area (TPSA) is 56.5 Å². The quantitative estimate of drug-likeness (QED) is 0.811. The van der Waals surface area contributed by atoms with E-state index >= 15 is 0 Å². The molecule has 0 amide bonds. The monoisotopic (exact) mass is 316 g/mol. The van der Waals surface area contributed by atoms with Gasteiger partial charge in [0, 0.05) is 12.5 Å². The minimum Gasteiger partial charge on any atom is -0.486 e. The molecule has 2 heterocycles. The van der Waals surface area contributed by atoms with E-state index in [9.17, 15) is 0 Å². The molecule has 1 fully saturated rings. The Labute approximate surface area is 137 Å². The molecule has 1 N–H and O–H groups in total. The number of aromatic nitrogens is 1. The lowest BCUT2D eigenvalue weighted by atomic mass is 9.90. The summed E-state index contributed by atoms with van der Waals surface area (Å²) in [5, 5.41) is 7.78. The van der Waals surface area contributed by atoms with Crippen molar-refractivity contribution >= 4 is 0 Å². The number of para-hydroxylation sites is 1. The zero-order valence-electron chi connectivity index (χ0n) is 13.7. The van der Waals surface area contributed by atoms with Gasteiger partial charge in [-0.3, -0.25) is 0 Å². The van der Waals surface area contributed by atoms with Crippen LogP contribution in [0.3, 0.4) is 0 Å². The molecular weight excluding hydrogens is 292 g/mol. The van der Waals surface area contributed by atoms with Crippen LogP contribution < -0.4 is 10.1 Å². The normalized spacial score (nSPS) is 16.3. The van der Waals surface area contributed by atoms with Gasteiger partial charge in [0.1, 0.15) is 12.4 Å². The Morgan fingerprint density at radius 2 is 2.04 bits per heavy atom. The first-order chi connectivity index (χ1) is 11.2. The molecule has 5 nitrogen and oxygen atoms in total. The van der Waals surface area contributed by atoms with Gasteiger partial charge in [-0.15, -0.1) is 0 Å². The second-order valence-electron chi connectivity index (χ2n) is 6.61. The molecule has 0 saturated carbocycles. The number of hydrogen-bond donors (Lipinski definition) is 1. The first-order valence-electron chi connectivity index (χ1n) is 8.10. The summed E-state index contributed by atoms with van der Waals surface area (Å²) >= 11 is 0. The third-order valence-electron chi connectivity index (χ3n) is 3.89. The number of nitrogens with zero attached hydrogens (tertiary/aromatic N) is 1.